The lowest BCUT2D eigenvalue weighted by Gasteiger charge is -2.46. The van der Waals surface area contributed by atoms with E-state index >= 15 is 0 Å². The molecule has 19 heavy (non-hydrogen) atoms. The van der Waals surface area contributed by atoms with Crippen molar-refractivity contribution in [2.45, 2.75) is 33.2 Å². The Kier molecular flexibility index (Phi) is 3.51. The fourth-order valence-electron chi connectivity index (χ4n) is 2.61. The standard InChI is InChI=1S/C15H22N4/c1-11-8-12(2)17-14(13(11)9-16)19-7-6-18(5)15(3,4)10-19/h8H,6-7,10H2,1-5H3. The zero-order chi connectivity index (χ0) is 14.2. The number of aromatic nitrogens is 1. The fraction of sp³-hybridized carbons (Fsp3) is 0.600. The molecule has 2 heterocycles. The molecule has 2 rings (SSSR count). The van der Waals surface area contributed by atoms with Crippen molar-refractivity contribution in [3.05, 3.63) is 22.9 Å². The van der Waals surface area contributed by atoms with Crippen LogP contribution in [-0.2, 0) is 0 Å². The second kappa shape index (κ2) is 4.82. The maximum absolute atomic E-state index is 9.38. The molecule has 1 saturated heterocycles. The summed E-state index contributed by atoms with van der Waals surface area (Å²) in [5.41, 5.74) is 2.81. The molecule has 0 amide bonds. The molecule has 0 spiro atoms. The number of nitriles is 1. The number of rotatable bonds is 1. The number of nitrogens with zero attached hydrogens (tertiary/aromatic N) is 4. The van der Waals surface area contributed by atoms with E-state index in [1.165, 1.54) is 0 Å². The molecule has 0 aromatic carbocycles. The molecule has 0 atom stereocenters. The van der Waals surface area contributed by atoms with Gasteiger partial charge in [-0.3, -0.25) is 4.90 Å². The van der Waals surface area contributed by atoms with Gasteiger partial charge in [-0.15, -0.1) is 0 Å². The van der Waals surface area contributed by atoms with Crippen molar-refractivity contribution >= 4 is 5.82 Å². The maximum Gasteiger partial charge on any atom is 0.147 e. The third-order valence-electron chi connectivity index (χ3n) is 4.05. The van der Waals surface area contributed by atoms with Crippen LogP contribution in [0, 0.1) is 25.2 Å². The zero-order valence-corrected chi connectivity index (χ0v) is 12.5. The van der Waals surface area contributed by atoms with Crippen molar-refractivity contribution in [1.29, 1.82) is 5.26 Å². The van der Waals surface area contributed by atoms with Crippen molar-refractivity contribution < 1.29 is 0 Å². The number of anilines is 1. The monoisotopic (exact) mass is 258 g/mol. The van der Waals surface area contributed by atoms with Crippen LogP contribution in [0.1, 0.15) is 30.7 Å². The van der Waals surface area contributed by atoms with Gasteiger partial charge in [-0.2, -0.15) is 5.26 Å². The largest absolute Gasteiger partial charge is 0.352 e. The second-order valence-corrected chi connectivity index (χ2v) is 6.05. The molecule has 4 heteroatoms. The molecule has 1 aliphatic rings. The highest BCUT2D eigenvalue weighted by Gasteiger charge is 2.32. The van der Waals surface area contributed by atoms with E-state index in [-0.39, 0.29) is 5.54 Å². The van der Waals surface area contributed by atoms with Gasteiger partial charge < -0.3 is 4.90 Å². The van der Waals surface area contributed by atoms with Gasteiger partial charge >= 0.3 is 0 Å². The lowest BCUT2D eigenvalue weighted by Crippen LogP contribution is -2.58. The van der Waals surface area contributed by atoms with Crippen LogP contribution in [0.3, 0.4) is 0 Å². The third kappa shape index (κ3) is 2.57. The highest BCUT2D eigenvalue weighted by atomic mass is 15.3. The molecule has 0 aliphatic carbocycles. The van der Waals surface area contributed by atoms with Crippen molar-refractivity contribution in [3.8, 4) is 6.07 Å². The second-order valence-electron chi connectivity index (χ2n) is 6.05. The molecule has 102 valence electrons. The summed E-state index contributed by atoms with van der Waals surface area (Å²) in [5.74, 6) is 0.848. The van der Waals surface area contributed by atoms with Gasteiger partial charge in [-0.05, 0) is 46.4 Å². The average Bonchev–Trinajstić information content (AvgIpc) is 2.31. The van der Waals surface area contributed by atoms with Crippen LogP contribution in [0.2, 0.25) is 0 Å². The summed E-state index contributed by atoms with van der Waals surface area (Å²) in [6.07, 6.45) is 0. The van der Waals surface area contributed by atoms with Crippen LogP contribution in [0.5, 0.6) is 0 Å². The molecule has 1 aliphatic heterocycles. The Bertz CT molecular complexity index is 528. The minimum atomic E-state index is 0.101. The molecular weight excluding hydrogens is 236 g/mol. The molecule has 4 nitrogen and oxygen atoms in total. The van der Waals surface area contributed by atoms with Crippen LogP contribution in [0.4, 0.5) is 5.82 Å². The highest BCUT2D eigenvalue weighted by Crippen LogP contribution is 2.27. The van der Waals surface area contributed by atoms with Crippen molar-refractivity contribution in [2.24, 2.45) is 0 Å². The Morgan fingerprint density at radius 3 is 2.58 bits per heavy atom. The number of hydrogen-bond donors (Lipinski definition) is 0. The molecular formula is C15H22N4. The summed E-state index contributed by atoms with van der Waals surface area (Å²) >= 11 is 0. The first-order valence-electron chi connectivity index (χ1n) is 6.69. The predicted octanol–water partition coefficient (Wildman–Crippen LogP) is 2.10. The molecule has 0 unspecified atom stereocenters. The van der Waals surface area contributed by atoms with E-state index in [4.69, 9.17) is 0 Å². The predicted molar refractivity (Wildman–Crippen MR) is 77.3 cm³/mol. The first-order valence-corrected chi connectivity index (χ1v) is 6.69. The molecule has 1 fully saturated rings. The number of pyridine rings is 1. The first kappa shape index (κ1) is 13.8. The van der Waals surface area contributed by atoms with Crippen LogP contribution < -0.4 is 4.90 Å². The highest BCUT2D eigenvalue weighted by molar-refractivity contribution is 5.58. The smallest absolute Gasteiger partial charge is 0.147 e. The van der Waals surface area contributed by atoms with Crippen LogP contribution in [-0.4, -0.2) is 42.1 Å². The summed E-state index contributed by atoms with van der Waals surface area (Å²) < 4.78 is 0. The van der Waals surface area contributed by atoms with E-state index in [0.29, 0.717) is 5.56 Å². The Balaban J connectivity index is 2.41. The van der Waals surface area contributed by atoms with Gasteiger partial charge in [0.25, 0.3) is 0 Å². The van der Waals surface area contributed by atoms with E-state index in [9.17, 15) is 5.26 Å². The number of piperazine rings is 1. The van der Waals surface area contributed by atoms with E-state index in [1.807, 2.05) is 19.9 Å². The number of hydrogen-bond acceptors (Lipinski definition) is 4. The number of aryl methyl sites for hydroxylation is 2. The Hall–Kier alpha value is -1.60. The molecule has 0 N–H and O–H groups in total. The van der Waals surface area contributed by atoms with Crippen LogP contribution in [0.25, 0.3) is 0 Å². The summed E-state index contributed by atoms with van der Waals surface area (Å²) in [5, 5.41) is 9.38. The van der Waals surface area contributed by atoms with E-state index in [1.54, 1.807) is 0 Å². The molecule has 0 radical (unpaired) electrons. The van der Waals surface area contributed by atoms with Gasteiger partial charge in [0.15, 0.2) is 0 Å². The SMILES string of the molecule is Cc1cc(C)c(C#N)c(N2CCN(C)C(C)(C)C2)n1. The maximum atomic E-state index is 9.38. The summed E-state index contributed by atoms with van der Waals surface area (Å²) in [6, 6.07) is 4.28. The first-order chi connectivity index (χ1) is 8.85. The summed E-state index contributed by atoms with van der Waals surface area (Å²) in [4.78, 5) is 9.21. The Morgan fingerprint density at radius 2 is 2.00 bits per heavy atom. The van der Waals surface area contributed by atoms with Crippen LogP contribution >= 0.6 is 0 Å². The topological polar surface area (TPSA) is 43.2 Å². The van der Waals surface area contributed by atoms with Gasteiger partial charge in [0.05, 0.1) is 5.56 Å². The average molecular weight is 258 g/mol. The van der Waals surface area contributed by atoms with Gasteiger partial charge in [-0.1, -0.05) is 0 Å². The minimum absolute atomic E-state index is 0.101. The van der Waals surface area contributed by atoms with E-state index < -0.39 is 0 Å². The van der Waals surface area contributed by atoms with Crippen molar-refractivity contribution in [1.82, 2.24) is 9.88 Å². The van der Waals surface area contributed by atoms with Gasteiger partial charge in [-0.25, -0.2) is 4.98 Å². The third-order valence-corrected chi connectivity index (χ3v) is 4.05. The normalized spacial score (nSPS) is 19.3. The molecule has 1 aromatic heterocycles. The molecule has 0 saturated carbocycles. The molecule has 1 aromatic rings. The quantitative estimate of drug-likeness (QED) is 0.773. The Labute approximate surface area is 115 Å². The van der Waals surface area contributed by atoms with Crippen molar-refractivity contribution in [3.63, 3.8) is 0 Å². The zero-order valence-electron chi connectivity index (χ0n) is 12.5. The lowest BCUT2D eigenvalue weighted by molar-refractivity contribution is 0.138. The van der Waals surface area contributed by atoms with Gasteiger partial charge in [0, 0.05) is 30.9 Å². The van der Waals surface area contributed by atoms with Crippen molar-refractivity contribution in [2.75, 3.05) is 31.6 Å². The lowest BCUT2D eigenvalue weighted by atomic mass is 9.99. The number of likely N-dealkylation sites (N-methyl/N-ethyl adjacent to an activating group) is 1. The van der Waals surface area contributed by atoms with Gasteiger partial charge in [0.2, 0.25) is 0 Å². The molecule has 0 bridgehead atoms. The van der Waals surface area contributed by atoms with E-state index in [2.05, 4.69) is 41.7 Å². The van der Waals surface area contributed by atoms with Gasteiger partial charge in [0.1, 0.15) is 11.9 Å². The fourth-order valence-corrected chi connectivity index (χ4v) is 2.61. The minimum Gasteiger partial charge on any atom is -0.352 e. The Morgan fingerprint density at radius 1 is 1.32 bits per heavy atom. The van der Waals surface area contributed by atoms with Crippen LogP contribution in [0.15, 0.2) is 6.07 Å². The van der Waals surface area contributed by atoms with E-state index in [0.717, 1.165) is 36.7 Å². The summed E-state index contributed by atoms with van der Waals surface area (Å²) in [7, 11) is 2.15. The summed E-state index contributed by atoms with van der Waals surface area (Å²) in [6.45, 7) is 11.2.